The lowest BCUT2D eigenvalue weighted by Gasteiger charge is -2.34. The molecule has 142 valence electrons. The number of carbonyl (C=O) groups excluding carboxylic acids is 1. The molecule has 5 nitrogen and oxygen atoms in total. The molecule has 4 rings (SSSR count). The topological polar surface area (TPSA) is 61.8 Å². The number of hydrogen-bond donors (Lipinski definition) is 2. The summed E-state index contributed by atoms with van der Waals surface area (Å²) in [6.07, 6.45) is 3.75. The van der Waals surface area contributed by atoms with Gasteiger partial charge in [-0.3, -0.25) is 9.69 Å². The second kappa shape index (κ2) is 8.11. The zero-order valence-electron chi connectivity index (χ0n) is 15.4. The fraction of sp³-hybridized carbons (Fsp3) is 0.409. The number of amides is 1. The van der Waals surface area contributed by atoms with Gasteiger partial charge in [0.1, 0.15) is 5.75 Å². The van der Waals surface area contributed by atoms with Crippen molar-refractivity contribution in [3.8, 4) is 16.9 Å². The number of likely N-dealkylation sites (tertiary alicyclic amines) is 1. The first kappa shape index (κ1) is 18.0. The molecule has 2 atom stereocenters. The third-order valence-electron chi connectivity index (χ3n) is 5.59. The Labute approximate surface area is 160 Å². The maximum Gasteiger partial charge on any atom is 0.251 e. The maximum atomic E-state index is 12.7. The fourth-order valence-corrected chi connectivity index (χ4v) is 4.06. The van der Waals surface area contributed by atoms with Gasteiger partial charge >= 0.3 is 0 Å². The molecule has 0 saturated carbocycles. The molecule has 2 aliphatic rings. The van der Waals surface area contributed by atoms with Gasteiger partial charge in [0.15, 0.2) is 0 Å². The van der Waals surface area contributed by atoms with Crippen LogP contribution in [0.15, 0.2) is 48.5 Å². The van der Waals surface area contributed by atoms with Crippen molar-refractivity contribution in [2.45, 2.75) is 31.3 Å². The third kappa shape index (κ3) is 3.99. The van der Waals surface area contributed by atoms with E-state index in [0.29, 0.717) is 18.8 Å². The molecule has 27 heavy (non-hydrogen) atoms. The lowest BCUT2D eigenvalue weighted by molar-refractivity contribution is 0.0900. The van der Waals surface area contributed by atoms with E-state index in [-0.39, 0.29) is 23.7 Å². The molecule has 1 amide bonds. The summed E-state index contributed by atoms with van der Waals surface area (Å²) in [5, 5.41) is 13.1. The van der Waals surface area contributed by atoms with Crippen LogP contribution >= 0.6 is 0 Å². The fourth-order valence-electron chi connectivity index (χ4n) is 4.06. The number of ether oxygens (including phenoxy) is 1. The lowest BCUT2D eigenvalue weighted by atomic mass is 10.0. The summed E-state index contributed by atoms with van der Waals surface area (Å²) in [4.78, 5) is 15.2. The van der Waals surface area contributed by atoms with Gasteiger partial charge in [-0.1, -0.05) is 36.8 Å². The number of nitrogens with zero attached hydrogens (tertiary/aromatic N) is 1. The van der Waals surface area contributed by atoms with Crippen LogP contribution in [0.2, 0.25) is 0 Å². The number of para-hydroxylation sites is 1. The minimum Gasteiger partial charge on any atom is -0.507 e. The van der Waals surface area contributed by atoms with Crippen molar-refractivity contribution in [3.05, 3.63) is 54.1 Å². The molecule has 2 aliphatic heterocycles. The first-order valence-corrected chi connectivity index (χ1v) is 9.73. The molecule has 2 aromatic rings. The first-order valence-electron chi connectivity index (χ1n) is 9.73. The Hall–Kier alpha value is -2.37. The van der Waals surface area contributed by atoms with Crippen LogP contribution in [-0.4, -0.2) is 54.3 Å². The molecule has 2 aromatic carbocycles. The smallest absolute Gasteiger partial charge is 0.251 e. The maximum absolute atomic E-state index is 12.7. The van der Waals surface area contributed by atoms with Crippen molar-refractivity contribution in [2.24, 2.45) is 0 Å². The highest BCUT2D eigenvalue weighted by Gasteiger charge is 2.34. The van der Waals surface area contributed by atoms with Crippen LogP contribution in [-0.2, 0) is 4.74 Å². The van der Waals surface area contributed by atoms with E-state index in [4.69, 9.17) is 4.74 Å². The highest BCUT2D eigenvalue weighted by Crippen LogP contribution is 2.28. The first-order chi connectivity index (χ1) is 13.2. The minimum atomic E-state index is -0.0728. The Balaban J connectivity index is 1.43. The standard InChI is InChI=1S/C22H26N2O3/c25-21-7-3-2-6-18(21)16-8-10-17(11-9-16)22(26)23-19-14-27-15-20(19)24-12-4-1-5-13-24/h2-3,6-11,19-20,25H,1,4-5,12-15H2,(H,23,26)/t19-,20-/m0/s1. The van der Waals surface area contributed by atoms with Crippen LogP contribution < -0.4 is 5.32 Å². The van der Waals surface area contributed by atoms with Crippen LogP contribution in [0.5, 0.6) is 5.75 Å². The third-order valence-corrected chi connectivity index (χ3v) is 5.59. The predicted molar refractivity (Wildman–Crippen MR) is 105 cm³/mol. The van der Waals surface area contributed by atoms with E-state index in [1.54, 1.807) is 12.1 Å². The molecule has 5 heteroatoms. The summed E-state index contributed by atoms with van der Waals surface area (Å²) in [7, 11) is 0. The van der Waals surface area contributed by atoms with E-state index in [1.807, 2.05) is 36.4 Å². The van der Waals surface area contributed by atoms with Crippen molar-refractivity contribution < 1.29 is 14.6 Å². The SMILES string of the molecule is O=C(N[C@H]1COC[C@@H]1N1CCCCC1)c1ccc(-c2ccccc2O)cc1. The molecule has 2 N–H and O–H groups in total. The second-order valence-electron chi connectivity index (χ2n) is 7.38. The van der Waals surface area contributed by atoms with E-state index >= 15 is 0 Å². The number of piperidine rings is 1. The van der Waals surface area contributed by atoms with E-state index in [9.17, 15) is 9.90 Å². The van der Waals surface area contributed by atoms with Crippen molar-refractivity contribution in [1.29, 1.82) is 0 Å². The Kier molecular flexibility index (Phi) is 5.41. The average Bonchev–Trinajstić information content (AvgIpc) is 3.17. The molecule has 2 heterocycles. The number of nitrogens with one attached hydrogen (secondary N) is 1. The van der Waals surface area contributed by atoms with E-state index in [0.717, 1.165) is 24.2 Å². The number of phenols is 1. The normalized spacial score (nSPS) is 23.3. The number of phenolic OH excluding ortho intramolecular Hbond substituents is 1. The molecule has 2 fully saturated rings. The van der Waals surface area contributed by atoms with Gasteiger partial charge in [-0.15, -0.1) is 0 Å². The average molecular weight is 366 g/mol. The number of benzene rings is 2. The summed E-state index contributed by atoms with van der Waals surface area (Å²) >= 11 is 0. The molecular formula is C22H26N2O3. The van der Waals surface area contributed by atoms with Crippen molar-refractivity contribution in [3.63, 3.8) is 0 Å². The van der Waals surface area contributed by atoms with Gasteiger partial charge in [0.2, 0.25) is 0 Å². The zero-order chi connectivity index (χ0) is 18.6. The molecule has 0 aliphatic carbocycles. The Bertz CT molecular complexity index is 784. The van der Waals surface area contributed by atoms with Crippen LogP contribution in [0.1, 0.15) is 29.6 Å². The highest BCUT2D eigenvalue weighted by molar-refractivity contribution is 5.95. The van der Waals surface area contributed by atoms with Gasteiger partial charge in [0.25, 0.3) is 5.91 Å². The van der Waals surface area contributed by atoms with Gasteiger partial charge in [0, 0.05) is 11.1 Å². The summed E-state index contributed by atoms with van der Waals surface area (Å²) < 4.78 is 5.67. The summed E-state index contributed by atoms with van der Waals surface area (Å²) in [5.41, 5.74) is 2.28. The Morgan fingerprint density at radius 2 is 1.74 bits per heavy atom. The number of aromatic hydroxyl groups is 1. The molecule has 0 unspecified atom stereocenters. The molecule has 0 radical (unpaired) electrons. The number of carbonyl (C=O) groups is 1. The van der Waals surface area contributed by atoms with Crippen LogP contribution in [0.25, 0.3) is 11.1 Å². The van der Waals surface area contributed by atoms with Crippen molar-refractivity contribution in [2.75, 3.05) is 26.3 Å². The van der Waals surface area contributed by atoms with Crippen LogP contribution in [0, 0.1) is 0 Å². The summed E-state index contributed by atoms with van der Waals surface area (Å²) in [5.74, 6) is 0.165. The van der Waals surface area contributed by atoms with E-state index in [2.05, 4.69) is 10.2 Å². The quantitative estimate of drug-likeness (QED) is 0.873. The van der Waals surface area contributed by atoms with Crippen molar-refractivity contribution >= 4 is 5.91 Å². The van der Waals surface area contributed by atoms with Gasteiger partial charge < -0.3 is 15.2 Å². The van der Waals surface area contributed by atoms with E-state index < -0.39 is 0 Å². The monoisotopic (exact) mass is 366 g/mol. The molecule has 0 aromatic heterocycles. The predicted octanol–water partition coefficient (Wildman–Crippen LogP) is 3.04. The van der Waals surface area contributed by atoms with Crippen LogP contribution in [0.3, 0.4) is 0 Å². The second-order valence-corrected chi connectivity index (χ2v) is 7.38. The van der Waals surface area contributed by atoms with Gasteiger partial charge in [0.05, 0.1) is 25.3 Å². The number of rotatable bonds is 4. The Morgan fingerprint density at radius 1 is 1.00 bits per heavy atom. The molecular weight excluding hydrogens is 340 g/mol. The molecule has 0 bridgehead atoms. The number of hydrogen-bond acceptors (Lipinski definition) is 4. The zero-order valence-corrected chi connectivity index (χ0v) is 15.4. The van der Waals surface area contributed by atoms with Crippen LogP contribution in [0.4, 0.5) is 0 Å². The van der Waals surface area contributed by atoms with Crippen molar-refractivity contribution in [1.82, 2.24) is 10.2 Å². The lowest BCUT2D eigenvalue weighted by Crippen LogP contribution is -2.52. The van der Waals surface area contributed by atoms with Gasteiger partial charge in [-0.05, 0) is 49.7 Å². The summed E-state index contributed by atoms with van der Waals surface area (Å²) in [6.45, 7) is 3.45. The summed E-state index contributed by atoms with van der Waals surface area (Å²) in [6, 6.07) is 14.9. The molecule has 2 saturated heterocycles. The molecule has 0 spiro atoms. The Morgan fingerprint density at radius 3 is 2.48 bits per heavy atom. The highest BCUT2D eigenvalue weighted by atomic mass is 16.5. The van der Waals surface area contributed by atoms with Gasteiger partial charge in [-0.25, -0.2) is 0 Å². The van der Waals surface area contributed by atoms with Gasteiger partial charge in [-0.2, -0.15) is 0 Å². The largest absolute Gasteiger partial charge is 0.507 e. The van der Waals surface area contributed by atoms with E-state index in [1.165, 1.54) is 19.3 Å². The minimum absolute atomic E-state index is 0.0356.